The standard InChI is InChI=1S/C18H20N4O2S2/c1-11-14-16(21-12(2)13-4-3-9-25-13)19-10-20-17(14)26-15(11)18(23)22-5-7-24-8-6-22/h3-4,9-10,12H,5-8H2,1-2H3,(H,19,20,21)/t12-/m0/s1. The Labute approximate surface area is 159 Å². The van der Waals surface area contributed by atoms with Crippen molar-refractivity contribution in [2.45, 2.75) is 19.9 Å². The van der Waals surface area contributed by atoms with E-state index in [9.17, 15) is 4.79 Å². The fourth-order valence-electron chi connectivity index (χ4n) is 3.11. The van der Waals surface area contributed by atoms with Crippen molar-refractivity contribution < 1.29 is 9.53 Å². The van der Waals surface area contributed by atoms with Crippen LogP contribution in [0, 0.1) is 6.92 Å². The van der Waals surface area contributed by atoms with Crippen LogP contribution in [0.5, 0.6) is 0 Å². The SMILES string of the molecule is Cc1c(C(=O)N2CCOCC2)sc2ncnc(N[C@@H](C)c3cccs3)c12. The highest BCUT2D eigenvalue weighted by Gasteiger charge is 2.25. The van der Waals surface area contributed by atoms with Crippen molar-refractivity contribution >= 4 is 44.6 Å². The van der Waals surface area contributed by atoms with Gasteiger partial charge in [-0.05, 0) is 30.9 Å². The Morgan fingerprint density at radius 2 is 2.15 bits per heavy atom. The molecular weight excluding hydrogens is 368 g/mol. The molecule has 1 N–H and O–H groups in total. The lowest BCUT2D eigenvalue weighted by atomic mass is 10.1. The molecule has 0 saturated carbocycles. The largest absolute Gasteiger partial charge is 0.378 e. The van der Waals surface area contributed by atoms with Gasteiger partial charge in [-0.15, -0.1) is 22.7 Å². The predicted molar refractivity (Wildman–Crippen MR) is 105 cm³/mol. The second kappa shape index (κ2) is 7.30. The van der Waals surface area contributed by atoms with E-state index in [1.165, 1.54) is 16.2 Å². The van der Waals surface area contributed by atoms with Gasteiger partial charge in [-0.2, -0.15) is 0 Å². The van der Waals surface area contributed by atoms with Crippen molar-refractivity contribution in [2.75, 3.05) is 31.6 Å². The van der Waals surface area contributed by atoms with Crippen LogP contribution in [0.2, 0.25) is 0 Å². The van der Waals surface area contributed by atoms with Crippen LogP contribution in [0.3, 0.4) is 0 Å². The molecule has 1 aliphatic heterocycles. The molecule has 0 spiro atoms. The summed E-state index contributed by atoms with van der Waals surface area (Å²) in [5.41, 5.74) is 0.947. The Morgan fingerprint density at radius 1 is 1.35 bits per heavy atom. The molecule has 26 heavy (non-hydrogen) atoms. The number of thiophene rings is 2. The summed E-state index contributed by atoms with van der Waals surface area (Å²) in [5.74, 6) is 0.844. The summed E-state index contributed by atoms with van der Waals surface area (Å²) in [6.07, 6.45) is 1.56. The van der Waals surface area contributed by atoms with Crippen molar-refractivity contribution in [3.8, 4) is 0 Å². The summed E-state index contributed by atoms with van der Waals surface area (Å²) in [4.78, 5) is 26.5. The number of anilines is 1. The molecule has 0 aliphatic carbocycles. The summed E-state index contributed by atoms with van der Waals surface area (Å²) in [5, 5.41) is 6.49. The van der Waals surface area contributed by atoms with E-state index in [4.69, 9.17) is 4.74 Å². The smallest absolute Gasteiger partial charge is 0.264 e. The number of morpholine rings is 1. The van der Waals surface area contributed by atoms with Gasteiger partial charge in [-0.1, -0.05) is 6.07 Å². The van der Waals surface area contributed by atoms with Crippen molar-refractivity contribution in [3.63, 3.8) is 0 Å². The first kappa shape index (κ1) is 17.4. The first-order valence-corrected chi connectivity index (χ1v) is 10.3. The number of amides is 1. The molecule has 3 aromatic heterocycles. The van der Waals surface area contributed by atoms with Gasteiger partial charge < -0.3 is 15.0 Å². The van der Waals surface area contributed by atoms with Gasteiger partial charge in [0, 0.05) is 18.0 Å². The summed E-state index contributed by atoms with van der Waals surface area (Å²) in [6, 6.07) is 4.29. The number of hydrogen-bond donors (Lipinski definition) is 1. The normalized spacial score (nSPS) is 16.0. The number of aryl methyl sites for hydroxylation is 1. The molecule has 0 aromatic carbocycles. The first-order chi connectivity index (χ1) is 12.6. The van der Waals surface area contributed by atoms with Crippen LogP contribution in [-0.2, 0) is 4.74 Å². The maximum absolute atomic E-state index is 12.9. The molecule has 8 heteroatoms. The van der Waals surface area contributed by atoms with Gasteiger partial charge >= 0.3 is 0 Å². The van der Waals surface area contributed by atoms with Crippen molar-refractivity contribution in [3.05, 3.63) is 39.2 Å². The van der Waals surface area contributed by atoms with Crippen LogP contribution in [0.4, 0.5) is 5.82 Å². The lowest BCUT2D eigenvalue weighted by Crippen LogP contribution is -2.40. The average Bonchev–Trinajstić information content (AvgIpc) is 3.31. The number of ether oxygens (including phenoxy) is 1. The first-order valence-electron chi connectivity index (χ1n) is 8.56. The van der Waals surface area contributed by atoms with E-state index in [0.717, 1.165) is 26.5 Å². The highest BCUT2D eigenvalue weighted by molar-refractivity contribution is 7.20. The van der Waals surface area contributed by atoms with Crippen molar-refractivity contribution in [1.82, 2.24) is 14.9 Å². The Bertz CT molecular complexity index is 917. The number of rotatable bonds is 4. The number of hydrogen-bond acceptors (Lipinski definition) is 7. The third-order valence-corrected chi connectivity index (χ3v) is 6.79. The van der Waals surface area contributed by atoms with E-state index in [0.29, 0.717) is 26.3 Å². The van der Waals surface area contributed by atoms with Gasteiger partial charge in [0.1, 0.15) is 17.0 Å². The molecule has 0 unspecified atom stereocenters. The summed E-state index contributed by atoms with van der Waals surface area (Å²) in [6.45, 7) is 6.57. The molecule has 1 amide bonds. The molecule has 0 bridgehead atoms. The molecule has 1 aliphatic rings. The second-order valence-corrected chi connectivity index (χ2v) is 8.22. The zero-order valence-electron chi connectivity index (χ0n) is 14.7. The topological polar surface area (TPSA) is 67.4 Å². The monoisotopic (exact) mass is 388 g/mol. The van der Waals surface area contributed by atoms with Crippen LogP contribution in [0.15, 0.2) is 23.8 Å². The fourth-order valence-corrected chi connectivity index (χ4v) is 4.96. The maximum Gasteiger partial charge on any atom is 0.264 e. The van der Waals surface area contributed by atoms with Crippen molar-refractivity contribution in [2.24, 2.45) is 0 Å². The van der Waals surface area contributed by atoms with E-state index < -0.39 is 0 Å². The quantitative estimate of drug-likeness (QED) is 0.738. The number of fused-ring (bicyclic) bond motifs is 1. The van der Waals surface area contributed by atoms with E-state index in [-0.39, 0.29) is 11.9 Å². The van der Waals surface area contributed by atoms with E-state index in [1.54, 1.807) is 17.7 Å². The lowest BCUT2D eigenvalue weighted by molar-refractivity contribution is 0.0306. The van der Waals surface area contributed by atoms with E-state index in [1.807, 2.05) is 17.9 Å². The van der Waals surface area contributed by atoms with Gasteiger partial charge in [0.2, 0.25) is 0 Å². The summed E-state index contributed by atoms with van der Waals surface area (Å²) < 4.78 is 5.35. The Morgan fingerprint density at radius 3 is 2.88 bits per heavy atom. The van der Waals surface area contributed by atoms with Crippen LogP contribution >= 0.6 is 22.7 Å². The Balaban J connectivity index is 1.67. The number of carbonyl (C=O) groups excluding carboxylic acids is 1. The maximum atomic E-state index is 12.9. The molecule has 4 rings (SSSR count). The number of carbonyl (C=O) groups is 1. The third-order valence-electron chi connectivity index (χ3n) is 4.54. The van der Waals surface area contributed by atoms with Gasteiger partial charge in [0.25, 0.3) is 5.91 Å². The number of aromatic nitrogens is 2. The van der Waals surface area contributed by atoms with Crippen molar-refractivity contribution in [1.29, 1.82) is 0 Å². The Kier molecular flexibility index (Phi) is 4.88. The minimum absolute atomic E-state index is 0.0612. The molecule has 0 radical (unpaired) electrons. The highest BCUT2D eigenvalue weighted by Crippen LogP contribution is 2.35. The van der Waals surface area contributed by atoms with Gasteiger partial charge in [-0.3, -0.25) is 4.79 Å². The highest BCUT2D eigenvalue weighted by atomic mass is 32.1. The average molecular weight is 389 g/mol. The molecule has 136 valence electrons. The minimum atomic E-state index is 0.0612. The predicted octanol–water partition coefficient (Wildman–Crippen LogP) is 3.71. The summed E-state index contributed by atoms with van der Waals surface area (Å²) >= 11 is 3.16. The number of nitrogens with one attached hydrogen (secondary N) is 1. The van der Waals surface area contributed by atoms with Crippen LogP contribution in [-0.4, -0.2) is 47.1 Å². The van der Waals surface area contributed by atoms with E-state index in [2.05, 4.69) is 33.7 Å². The van der Waals surface area contributed by atoms with E-state index >= 15 is 0 Å². The molecule has 1 atom stereocenters. The van der Waals surface area contributed by atoms with Crippen LogP contribution in [0.1, 0.15) is 33.1 Å². The molecule has 1 fully saturated rings. The summed E-state index contributed by atoms with van der Waals surface area (Å²) in [7, 11) is 0. The molecule has 3 aromatic rings. The molecular formula is C18H20N4O2S2. The third kappa shape index (κ3) is 3.20. The molecule has 4 heterocycles. The molecule has 1 saturated heterocycles. The van der Waals surface area contributed by atoms with Gasteiger partial charge in [0.15, 0.2) is 0 Å². The fraction of sp³-hybridized carbons (Fsp3) is 0.389. The molecule has 6 nitrogen and oxygen atoms in total. The zero-order chi connectivity index (χ0) is 18.1. The second-order valence-electron chi connectivity index (χ2n) is 6.24. The minimum Gasteiger partial charge on any atom is -0.378 e. The zero-order valence-corrected chi connectivity index (χ0v) is 16.3. The number of nitrogens with zero attached hydrogens (tertiary/aromatic N) is 3. The Hall–Kier alpha value is -2.03. The lowest BCUT2D eigenvalue weighted by Gasteiger charge is -2.26. The van der Waals surface area contributed by atoms with Gasteiger partial charge in [0.05, 0.1) is 29.5 Å². The van der Waals surface area contributed by atoms with Crippen LogP contribution < -0.4 is 5.32 Å². The van der Waals surface area contributed by atoms with Crippen LogP contribution in [0.25, 0.3) is 10.2 Å². The van der Waals surface area contributed by atoms with Gasteiger partial charge in [-0.25, -0.2) is 9.97 Å².